The Balaban J connectivity index is 1.73. The van der Waals surface area contributed by atoms with E-state index in [4.69, 9.17) is 0 Å². The van der Waals surface area contributed by atoms with E-state index in [-0.39, 0.29) is 4.75 Å². The van der Waals surface area contributed by atoms with E-state index in [9.17, 15) is 4.79 Å². The van der Waals surface area contributed by atoms with Gasteiger partial charge in [-0.05, 0) is 57.3 Å². The molecule has 1 unspecified atom stereocenters. The fraction of sp³-hybridized carbons (Fsp3) is 0.632. The summed E-state index contributed by atoms with van der Waals surface area (Å²) in [5, 5.41) is 3.27. The first-order valence-corrected chi connectivity index (χ1v) is 9.73. The number of hydrogen-bond donors (Lipinski definition) is 1. The number of likely N-dealkylation sites (tertiary alicyclic amines) is 1. The van der Waals surface area contributed by atoms with Crippen molar-refractivity contribution in [3.8, 4) is 0 Å². The number of carbonyl (C=O) groups is 1. The number of nitrogens with zero attached hydrogens (tertiary/aromatic N) is 1. The zero-order valence-electron chi connectivity index (χ0n) is 14.1. The van der Waals surface area contributed by atoms with Crippen molar-refractivity contribution in [2.45, 2.75) is 48.2 Å². The molecule has 1 aliphatic heterocycles. The number of carbonyl (C=O) groups excluding carboxylic acids is 1. The number of thioether (sulfide) groups is 1. The molecule has 0 radical (unpaired) electrons. The Hall–Kier alpha value is -1.00. The molecule has 1 aromatic rings. The molecule has 1 atom stereocenters. The minimum Gasteiger partial charge on any atom is -0.341 e. The molecule has 1 saturated carbocycles. The molecule has 0 aromatic heterocycles. The van der Waals surface area contributed by atoms with Gasteiger partial charge < -0.3 is 10.2 Å². The van der Waals surface area contributed by atoms with Crippen LogP contribution >= 0.6 is 11.8 Å². The lowest BCUT2D eigenvalue weighted by Gasteiger charge is -2.38. The second kappa shape index (κ2) is 7.71. The van der Waals surface area contributed by atoms with Gasteiger partial charge in [-0.3, -0.25) is 4.79 Å². The van der Waals surface area contributed by atoms with Gasteiger partial charge in [0.1, 0.15) is 0 Å². The molecule has 3 rings (SSSR count). The molecule has 1 aliphatic carbocycles. The van der Waals surface area contributed by atoms with Gasteiger partial charge in [-0.15, -0.1) is 11.8 Å². The quantitative estimate of drug-likeness (QED) is 0.895. The molecule has 4 heteroatoms. The Morgan fingerprint density at radius 2 is 2.00 bits per heavy atom. The molecule has 1 N–H and O–H groups in total. The Morgan fingerprint density at radius 3 is 2.70 bits per heavy atom. The summed E-state index contributed by atoms with van der Waals surface area (Å²) in [6.45, 7) is 2.88. The van der Waals surface area contributed by atoms with Crippen LogP contribution in [0.5, 0.6) is 0 Å². The summed E-state index contributed by atoms with van der Waals surface area (Å²) in [7, 11) is 2.00. The third-order valence-electron chi connectivity index (χ3n) is 5.16. The molecule has 2 aliphatic rings. The average molecular weight is 333 g/mol. The highest BCUT2D eigenvalue weighted by molar-refractivity contribution is 8.01. The van der Waals surface area contributed by atoms with Gasteiger partial charge in [0.2, 0.25) is 5.91 Å². The molecule has 23 heavy (non-hydrogen) atoms. The fourth-order valence-corrected chi connectivity index (χ4v) is 5.47. The number of benzene rings is 1. The highest BCUT2D eigenvalue weighted by Crippen LogP contribution is 2.46. The van der Waals surface area contributed by atoms with Gasteiger partial charge in [0, 0.05) is 18.0 Å². The lowest BCUT2D eigenvalue weighted by molar-refractivity contribution is -0.135. The van der Waals surface area contributed by atoms with Gasteiger partial charge in [0.05, 0.1) is 4.75 Å². The van der Waals surface area contributed by atoms with Crippen LogP contribution in [-0.2, 0) is 4.79 Å². The lowest BCUT2D eigenvalue weighted by Crippen LogP contribution is -2.50. The van der Waals surface area contributed by atoms with Crippen LogP contribution in [0.4, 0.5) is 0 Å². The summed E-state index contributed by atoms with van der Waals surface area (Å²) >= 11 is 1.81. The zero-order valence-corrected chi connectivity index (χ0v) is 14.9. The monoisotopic (exact) mass is 332 g/mol. The van der Waals surface area contributed by atoms with Crippen molar-refractivity contribution in [1.82, 2.24) is 10.2 Å². The summed E-state index contributed by atoms with van der Waals surface area (Å²) in [6, 6.07) is 10.5. The highest BCUT2D eigenvalue weighted by atomic mass is 32.2. The smallest absolute Gasteiger partial charge is 0.239 e. The summed E-state index contributed by atoms with van der Waals surface area (Å²) in [5.74, 6) is 1.00. The van der Waals surface area contributed by atoms with E-state index >= 15 is 0 Å². The largest absolute Gasteiger partial charge is 0.341 e. The normalized spacial score (nSPS) is 23.9. The third-order valence-corrected chi connectivity index (χ3v) is 6.64. The number of amides is 1. The van der Waals surface area contributed by atoms with Crippen molar-refractivity contribution in [1.29, 1.82) is 0 Å². The molecule has 1 heterocycles. The first kappa shape index (κ1) is 16.8. The van der Waals surface area contributed by atoms with Crippen molar-refractivity contribution in [3.63, 3.8) is 0 Å². The Morgan fingerprint density at radius 1 is 1.26 bits per heavy atom. The van der Waals surface area contributed by atoms with Crippen LogP contribution < -0.4 is 5.32 Å². The molecular formula is C19H28N2OS. The van der Waals surface area contributed by atoms with Crippen molar-refractivity contribution in [2.24, 2.45) is 5.92 Å². The van der Waals surface area contributed by atoms with Crippen LogP contribution in [0.25, 0.3) is 0 Å². The van der Waals surface area contributed by atoms with Crippen LogP contribution in [0.3, 0.4) is 0 Å². The topological polar surface area (TPSA) is 32.3 Å². The minimum atomic E-state index is -0.219. The van der Waals surface area contributed by atoms with Crippen molar-refractivity contribution in [3.05, 3.63) is 30.3 Å². The van der Waals surface area contributed by atoms with E-state index in [0.717, 1.165) is 38.9 Å². The van der Waals surface area contributed by atoms with Crippen LogP contribution in [0.2, 0.25) is 0 Å². The summed E-state index contributed by atoms with van der Waals surface area (Å²) in [4.78, 5) is 16.7. The summed E-state index contributed by atoms with van der Waals surface area (Å²) in [5.41, 5.74) is 0. The van der Waals surface area contributed by atoms with E-state index < -0.39 is 0 Å². The third kappa shape index (κ3) is 3.92. The molecule has 0 bridgehead atoms. The predicted molar refractivity (Wildman–Crippen MR) is 96.7 cm³/mol. The molecular weight excluding hydrogens is 304 g/mol. The molecule has 1 saturated heterocycles. The van der Waals surface area contributed by atoms with E-state index in [1.165, 1.54) is 24.2 Å². The first-order chi connectivity index (χ1) is 11.2. The fourth-order valence-electron chi connectivity index (χ4n) is 4.01. The maximum Gasteiger partial charge on any atom is 0.239 e. The molecule has 1 amide bonds. The Labute approximate surface area is 144 Å². The standard InChI is InChI=1S/C19H28N2OS/c1-20-14-16-8-7-13-21(15-16)18(22)19(11-5-6-12-19)23-17-9-3-2-4-10-17/h2-4,9-10,16,20H,5-8,11-15H2,1H3. The highest BCUT2D eigenvalue weighted by Gasteiger charge is 2.45. The van der Waals surface area contributed by atoms with Gasteiger partial charge in [0.25, 0.3) is 0 Å². The second-order valence-electron chi connectivity index (χ2n) is 6.93. The maximum atomic E-state index is 13.4. The van der Waals surface area contributed by atoms with Gasteiger partial charge in [-0.2, -0.15) is 0 Å². The van der Waals surface area contributed by atoms with Crippen molar-refractivity contribution in [2.75, 3.05) is 26.7 Å². The van der Waals surface area contributed by atoms with E-state index in [0.29, 0.717) is 11.8 Å². The first-order valence-electron chi connectivity index (χ1n) is 8.91. The van der Waals surface area contributed by atoms with Crippen LogP contribution in [-0.4, -0.2) is 42.2 Å². The predicted octanol–water partition coefficient (Wildman–Crippen LogP) is 3.55. The van der Waals surface area contributed by atoms with E-state index in [2.05, 4.69) is 34.5 Å². The molecule has 0 spiro atoms. The van der Waals surface area contributed by atoms with Gasteiger partial charge >= 0.3 is 0 Å². The molecule has 2 fully saturated rings. The van der Waals surface area contributed by atoms with Crippen LogP contribution in [0, 0.1) is 5.92 Å². The summed E-state index contributed by atoms with van der Waals surface area (Å²) in [6.07, 6.45) is 6.80. The van der Waals surface area contributed by atoms with Gasteiger partial charge in [-0.1, -0.05) is 31.0 Å². The summed E-state index contributed by atoms with van der Waals surface area (Å²) < 4.78 is -0.219. The number of rotatable bonds is 5. The van der Waals surface area contributed by atoms with E-state index in [1.807, 2.05) is 24.9 Å². The van der Waals surface area contributed by atoms with Gasteiger partial charge in [0.15, 0.2) is 0 Å². The Bertz CT molecular complexity index is 511. The van der Waals surface area contributed by atoms with E-state index in [1.54, 1.807) is 0 Å². The minimum absolute atomic E-state index is 0.219. The lowest BCUT2D eigenvalue weighted by atomic mass is 9.95. The average Bonchev–Trinajstić information content (AvgIpc) is 3.05. The number of hydrogen-bond acceptors (Lipinski definition) is 3. The SMILES string of the molecule is CNCC1CCCN(C(=O)C2(Sc3ccccc3)CCCC2)C1. The molecule has 126 valence electrons. The second-order valence-corrected chi connectivity index (χ2v) is 8.39. The van der Waals surface area contributed by atoms with Crippen molar-refractivity contribution >= 4 is 17.7 Å². The van der Waals surface area contributed by atoms with Crippen molar-refractivity contribution < 1.29 is 4.79 Å². The maximum absolute atomic E-state index is 13.4. The molecule has 3 nitrogen and oxygen atoms in total. The van der Waals surface area contributed by atoms with Crippen LogP contribution in [0.15, 0.2) is 35.2 Å². The van der Waals surface area contributed by atoms with Crippen LogP contribution in [0.1, 0.15) is 38.5 Å². The Kier molecular flexibility index (Phi) is 5.65. The van der Waals surface area contributed by atoms with Gasteiger partial charge in [-0.25, -0.2) is 0 Å². The number of nitrogens with one attached hydrogen (secondary N) is 1. The number of piperidine rings is 1. The zero-order chi connectivity index (χ0) is 16.1. The molecule has 1 aromatic carbocycles.